The average molecular weight is 236 g/mol. The van der Waals surface area contributed by atoms with Gasteiger partial charge in [-0.1, -0.05) is 54.5 Å². The van der Waals surface area contributed by atoms with E-state index in [-0.39, 0.29) is 6.10 Å². The van der Waals surface area contributed by atoms with Crippen LogP contribution in [-0.4, -0.2) is 6.61 Å². The lowest BCUT2D eigenvalue weighted by Crippen LogP contribution is -2.01. The van der Waals surface area contributed by atoms with Gasteiger partial charge in [-0.3, -0.25) is 0 Å². The molecule has 0 fully saturated rings. The van der Waals surface area contributed by atoms with E-state index in [2.05, 4.69) is 36.3 Å². The first-order valence-corrected chi connectivity index (χ1v) is 6.01. The Morgan fingerprint density at radius 3 is 2.72 bits per heavy atom. The number of ether oxygens (including phenoxy) is 1. The molecule has 1 nitrogen and oxygen atoms in total. The van der Waals surface area contributed by atoms with Gasteiger partial charge in [0.15, 0.2) is 0 Å². The molecule has 90 valence electrons. The van der Waals surface area contributed by atoms with E-state index in [4.69, 9.17) is 11.2 Å². The van der Waals surface area contributed by atoms with Crippen LogP contribution >= 0.6 is 0 Å². The van der Waals surface area contributed by atoms with Crippen molar-refractivity contribution in [2.75, 3.05) is 6.61 Å². The second-order valence-electron chi connectivity index (χ2n) is 4.07. The summed E-state index contributed by atoms with van der Waals surface area (Å²) in [6.07, 6.45) is 9.17. The first-order valence-electron chi connectivity index (χ1n) is 6.01. The molecule has 18 heavy (non-hydrogen) atoms. The maximum atomic E-state index is 5.64. The van der Waals surface area contributed by atoms with Crippen molar-refractivity contribution in [2.45, 2.75) is 13.0 Å². The van der Waals surface area contributed by atoms with E-state index in [0.717, 1.165) is 5.56 Å². The Labute approximate surface area is 108 Å². The highest BCUT2D eigenvalue weighted by molar-refractivity contribution is 5.83. The van der Waals surface area contributed by atoms with E-state index in [1.54, 1.807) is 0 Å². The van der Waals surface area contributed by atoms with Gasteiger partial charge in [-0.15, -0.1) is 6.42 Å². The van der Waals surface area contributed by atoms with Gasteiger partial charge in [0.1, 0.15) is 12.7 Å². The molecule has 2 aromatic rings. The molecule has 0 heterocycles. The Hall–Kier alpha value is -2.04. The van der Waals surface area contributed by atoms with E-state index < -0.39 is 0 Å². The zero-order valence-corrected chi connectivity index (χ0v) is 10.5. The smallest absolute Gasteiger partial charge is 0.108 e. The van der Waals surface area contributed by atoms with Gasteiger partial charge in [-0.25, -0.2) is 0 Å². The zero-order valence-electron chi connectivity index (χ0n) is 10.5. The first kappa shape index (κ1) is 12.4. The predicted molar refractivity (Wildman–Crippen MR) is 76.3 cm³/mol. The molecule has 0 aliphatic carbocycles. The normalized spacial score (nSPS) is 12.7. The van der Waals surface area contributed by atoms with Gasteiger partial charge in [0.05, 0.1) is 0 Å². The molecule has 0 aromatic heterocycles. The Morgan fingerprint density at radius 2 is 2.00 bits per heavy atom. The van der Waals surface area contributed by atoms with E-state index >= 15 is 0 Å². The maximum absolute atomic E-state index is 5.64. The van der Waals surface area contributed by atoms with Crippen LogP contribution in [0.15, 0.2) is 54.6 Å². The molecule has 0 aliphatic rings. The third kappa shape index (κ3) is 2.80. The number of rotatable bonds is 4. The summed E-state index contributed by atoms with van der Waals surface area (Å²) in [7, 11) is 0. The number of fused-ring (bicyclic) bond motifs is 1. The fourth-order valence-corrected chi connectivity index (χ4v) is 1.96. The minimum atomic E-state index is -0.0735. The van der Waals surface area contributed by atoms with Crippen LogP contribution < -0.4 is 0 Å². The van der Waals surface area contributed by atoms with Crippen LogP contribution in [0.1, 0.15) is 18.6 Å². The molecule has 2 aromatic carbocycles. The summed E-state index contributed by atoms with van der Waals surface area (Å²) < 4.78 is 5.64. The highest BCUT2D eigenvalue weighted by Crippen LogP contribution is 2.23. The molecule has 0 radical (unpaired) electrons. The van der Waals surface area contributed by atoms with Gasteiger partial charge >= 0.3 is 0 Å². The van der Waals surface area contributed by atoms with Gasteiger partial charge in [0, 0.05) is 0 Å². The van der Waals surface area contributed by atoms with Crippen LogP contribution in [0.4, 0.5) is 0 Å². The molecular weight excluding hydrogens is 220 g/mol. The standard InChI is InChI=1S/C17H16O/c1-3-7-17(18-12-4-2)16-11-10-14-8-5-6-9-15(14)13-16/h2-3,5-11,13,17H,12H2,1H3/b7-3+. The summed E-state index contributed by atoms with van der Waals surface area (Å²) in [5, 5.41) is 2.45. The van der Waals surface area contributed by atoms with Gasteiger partial charge in [0.25, 0.3) is 0 Å². The minimum Gasteiger partial charge on any atom is -0.357 e. The number of hydrogen-bond acceptors (Lipinski definition) is 1. The molecular formula is C17H16O. The van der Waals surface area contributed by atoms with Crippen molar-refractivity contribution >= 4 is 10.8 Å². The number of benzene rings is 2. The van der Waals surface area contributed by atoms with Crippen LogP contribution in [0.3, 0.4) is 0 Å². The molecule has 2 rings (SSSR count). The summed E-state index contributed by atoms with van der Waals surface area (Å²) in [4.78, 5) is 0. The van der Waals surface area contributed by atoms with Crippen LogP contribution in [0.2, 0.25) is 0 Å². The van der Waals surface area contributed by atoms with Crippen molar-refractivity contribution in [2.24, 2.45) is 0 Å². The molecule has 0 N–H and O–H groups in total. The van der Waals surface area contributed by atoms with Crippen molar-refractivity contribution in [1.29, 1.82) is 0 Å². The lowest BCUT2D eigenvalue weighted by Gasteiger charge is -2.13. The zero-order chi connectivity index (χ0) is 12.8. The molecule has 1 atom stereocenters. The van der Waals surface area contributed by atoms with Crippen molar-refractivity contribution in [3.63, 3.8) is 0 Å². The third-order valence-electron chi connectivity index (χ3n) is 2.82. The molecule has 0 aliphatic heterocycles. The topological polar surface area (TPSA) is 9.23 Å². The highest BCUT2D eigenvalue weighted by atomic mass is 16.5. The fraction of sp³-hybridized carbons (Fsp3) is 0.176. The second-order valence-corrected chi connectivity index (χ2v) is 4.07. The van der Waals surface area contributed by atoms with Gasteiger partial charge in [-0.05, 0) is 29.3 Å². The van der Waals surface area contributed by atoms with Crippen LogP contribution in [-0.2, 0) is 4.74 Å². The van der Waals surface area contributed by atoms with E-state index in [0.29, 0.717) is 6.61 Å². The van der Waals surface area contributed by atoms with Crippen LogP contribution in [0.5, 0.6) is 0 Å². The van der Waals surface area contributed by atoms with Gasteiger partial charge < -0.3 is 4.74 Å². The Bertz CT molecular complexity index is 590. The van der Waals surface area contributed by atoms with Crippen molar-refractivity contribution in [1.82, 2.24) is 0 Å². The quantitative estimate of drug-likeness (QED) is 0.573. The monoisotopic (exact) mass is 236 g/mol. The van der Waals surface area contributed by atoms with Gasteiger partial charge in [0.2, 0.25) is 0 Å². The van der Waals surface area contributed by atoms with Crippen LogP contribution in [0, 0.1) is 12.3 Å². The Kier molecular flexibility index (Phi) is 4.17. The van der Waals surface area contributed by atoms with Crippen molar-refractivity contribution < 1.29 is 4.74 Å². The number of allylic oxidation sites excluding steroid dienone is 1. The Balaban J connectivity index is 2.35. The molecule has 0 saturated carbocycles. The third-order valence-corrected chi connectivity index (χ3v) is 2.82. The largest absolute Gasteiger partial charge is 0.357 e. The number of hydrogen-bond donors (Lipinski definition) is 0. The molecule has 1 unspecified atom stereocenters. The van der Waals surface area contributed by atoms with Gasteiger partial charge in [-0.2, -0.15) is 0 Å². The average Bonchev–Trinajstić information content (AvgIpc) is 2.43. The summed E-state index contributed by atoms with van der Waals surface area (Å²) in [6, 6.07) is 14.6. The first-order chi connectivity index (χ1) is 8.85. The summed E-state index contributed by atoms with van der Waals surface area (Å²) in [5.74, 6) is 2.51. The maximum Gasteiger partial charge on any atom is 0.108 e. The molecule has 0 spiro atoms. The van der Waals surface area contributed by atoms with E-state index in [1.165, 1.54) is 10.8 Å². The SMILES string of the molecule is C#CCOC(/C=C/C)c1ccc2ccccc2c1. The highest BCUT2D eigenvalue weighted by Gasteiger charge is 2.08. The van der Waals surface area contributed by atoms with E-state index in [1.807, 2.05) is 31.2 Å². The minimum absolute atomic E-state index is 0.0735. The molecule has 0 amide bonds. The summed E-state index contributed by atoms with van der Waals surface area (Å²) in [6.45, 7) is 2.30. The summed E-state index contributed by atoms with van der Waals surface area (Å²) in [5.41, 5.74) is 1.13. The molecule has 0 saturated heterocycles. The predicted octanol–water partition coefficient (Wildman–Crippen LogP) is 4.11. The lowest BCUT2D eigenvalue weighted by atomic mass is 10.0. The second kappa shape index (κ2) is 6.05. The van der Waals surface area contributed by atoms with Crippen molar-refractivity contribution in [3.8, 4) is 12.3 Å². The van der Waals surface area contributed by atoms with E-state index in [9.17, 15) is 0 Å². The summed E-state index contributed by atoms with van der Waals surface area (Å²) >= 11 is 0. The Morgan fingerprint density at radius 1 is 1.22 bits per heavy atom. The van der Waals surface area contributed by atoms with Crippen LogP contribution in [0.25, 0.3) is 10.8 Å². The molecule has 0 bridgehead atoms. The molecule has 1 heteroatoms. The fourth-order valence-electron chi connectivity index (χ4n) is 1.96. The lowest BCUT2D eigenvalue weighted by molar-refractivity contribution is 0.114. The number of terminal acetylenes is 1. The van der Waals surface area contributed by atoms with Crippen molar-refractivity contribution in [3.05, 3.63) is 60.2 Å².